The molecule has 0 rings (SSSR count). The Bertz CT molecular complexity index is 399. The maximum Gasteiger partial charge on any atom is 0.474 e. The topological polar surface area (TPSA) is 44.8 Å². The molecule has 0 aromatic carbocycles. The molecule has 0 saturated carbocycles. The molecule has 0 aromatic rings. The molecular formula is C23H51NO4P+. The van der Waals surface area contributed by atoms with Gasteiger partial charge in [0.05, 0.1) is 27.7 Å². The number of hydrogen-bond acceptors (Lipinski definition) is 4. The first-order valence-electron chi connectivity index (χ1n) is 12.1. The summed E-state index contributed by atoms with van der Waals surface area (Å²) in [4.78, 5) is 0. The van der Waals surface area contributed by atoms with Crippen molar-refractivity contribution in [2.24, 2.45) is 0 Å². The zero-order valence-electron chi connectivity index (χ0n) is 20.3. The van der Waals surface area contributed by atoms with E-state index in [1.165, 1.54) is 90.6 Å². The van der Waals surface area contributed by atoms with E-state index in [1.807, 2.05) is 0 Å². The fraction of sp³-hybridized carbons (Fsp3) is 1.00. The minimum atomic E-state index is -3.38. The normalized spacial score (nSPS) is 14.2. The quantitative estimate of drug-likeness (QED) is 0.101. The minimum absolute atomic E-state index is 0.369. The van der Waals surface area contributed by atoms with Gasteiger partial charge in [-0.3, -0.25) is 13.6 Å². The van der Waals surface area contributed by atoms with Crippen LogP contribution in [0.5, 0.6) is 0 Å². The molecule has 0 aromatic heterocycles. The third kappa shape index (κ3) is 21.1. The monoisotopic (exact) mass is 436 g/mol. The summed E-state index contributed by atoms with van der Waals surface area (Å²) in [5.41, 5.74) is 0. The van der Waals surface area contributed by atoms with E-state index in [1.54, 1.807) is 0 Å². The first-order chi connectivity index (χ1) is 13.8. The second-order valence-electron chi connectivity index (χ2n) is 9.26. The number of quaternary nitrogens is 1. The maximum absolute atomic E-state index is 12.3. The molecule has 1 atom stereocenters. The van der Waals surface area contributed by atoms with Crippen molar-refractivity contribution in [3.8, 4) is 0 Å². The molecule has 1 unspecified atom stereocenters. The number of hydrogen-bond donors (Lipinski definition) is 0. The number of nitrogens with zero attached hydrogens (tertiary/aromatic N) is 1. The SMILES string of the molecule is CCCCCCCCCCCCCCCCCOP(=O)(OC)OCC[N+](C)(C)C. The van der Waals surface area contributed by atoms with Gasteiger partial charge in [-0.15, -0.1) is 0 Å². The van der Waals surface area contributed by atoms with Crippen molar-refractivity contribution >= 4 is 7.82 Å². The van der Waals surface area contributed by atoms with Crippen LogP contribution in [-0.4, -0.2) is 52.5 Å². The summed E-state index contributed by atoms with van der Waals surface area (Å²) in [6.07, 6.45) is 19.9. The zero-order valence-corrected chi connectivity index (χ0v) is 21.1. The average Bonchev–Trinajstić information content (AvgIpc) is 2.66. The van der Waals surface area contributed by atoms with Gasteiger partial charge in [0.15, 0.2) is 0 Å². The van der Waals surface area contributed by atoms with Gasteiger partial charge in [-0.1, -0.05) is 96.8 Å². The van der Waals surface area contributed by atoms with Gasteiger partial charge >= 0.3 is 7.82 Å². The molecule has 176 valence electrons. The summed E-state index contributed by atoms with van der Waals surface area (Å²) in [5.74, 6) is 0. The first kappa shape index (κ1) is 29.1. The highest BCUT2D eigenvalue weighted by molar-refractivity contribution is 7.48. The number of phosphoric ester groups is 1. The second-order valence-corrected chi connectivity index (χ2v) is 11.0. The Balaban J connectivity index is 3.42. The molecule has 5 nitrogen and oxygen atoms in total. The van der Waals surface area contributed by atoms with Gasteiger partial charge in [-0.2, -0.15) is 0 Å². The molecule has 0 spiro atoms. The van der Waals surface area contributed by atoms with Gasteiger partial charge in [0, 0.05) is 7.11 Å². The number of likely N-dealkylation sites (N-methyl/N-ethyl adjacent to an activating group) is 1. The average molecular weight is 437 g/mol. The Labute approximate surface area is 182 Å². The molecule has 0 aliphatic rings. The Morgan fingerprint density at radius 3 is 1.38 bits per heavy atom. The van der Waals surface area contributed by atoms with Crippen LogP contribution in [0.15, 0.2) is 0 Å². The van der Waals surface area contributed by atoms with Crippen LogP contribution in [0.25, 0.3) is 0 Å². The predicted molar refractivity (Wildman–Crippen MR) is 124 cm³/mol. The third-order valence-electron chi connectivity index (χ3n) is 5.23. The van der Waals surface area contributed by atoms with Gasteiger partial charge in [-0.25, -0.2) is 4.57 Å². The summed E-state index contributed by atoms with van der Waals surface area (Å²) in [7, 11) is 4.20. The lowest BCUT2D eigenvalue weighted by molar-refractivity contribution is -0.870. The summed E-state index contributed by atoms with van der Waals surface area (Å²) in [6.45, 7) is 3.84. The van der Waals surface area contributed by atoms with Gasteiger partial charge in [0.25, 0.3) is 0 Å². The Hall–Kier alpha value is 0.0700. The van der Waals surface area contributed by atoms with E-state index in [2.05, 4.69) is 28.1 Å². The summed E-state index contributed by atoms with van der Waals surface area (Å²) < 4.78 is 28.9. The van der Waals surface area contributed by atoms with Crippen molar-refractivity contribution in [2.75, 3.05) is 48.0 Å². The van der Waals surface area contributed by atoms with Crippen LogP contribution in [0.4, 0.5) is 0 Å². The van der Waals surface area contributed by atoms with Crippen molar-refractivity contribution in [3.63, 3.8) is 0 Å². The number of rotatable bonds is 22. The van der Waals surface area contributed by atoms with Crippen LogP contribution in [0, 0.1) is 0 Å². The molecular weight excluding hydrogens is 385 g/mol. The zero-order chi connectivity index (χ0) is 21.8. The number of unbranched alkanes of at least 4 members (excludes halogenated alkanes) is 14. The van der Waals surface area contributed by atoms with E-state index in [4.69, 9.17) is 13.6 Å². The lowest BCUT2D eigenvalue weighted by Gasteiger charge is -2.24. The van der Waals surface area contributed by atoms with E-state index >= 15 is 0 Å². The lowest BCUT2D eigenvalue weighted by Crippen LogP contribution is -2.37. The van der Waals surface area contributed by atoms with Crippen molar-refractivity contribution < 1.29 is 22.6 Å². The Morgan fingerprint density at radius 2 is 1.00 bits per heavy atom. The predicted octanol–water partition coefficient (Wildman–Crippen LogP) is 7.35. The van der Waals surface area contributed by atoms with Crippen molar-refractivity contribution in [1.82, 2.24) is 0 Å². The van der Waals surface area contributed by atoms with Gasteiger partial charge in [-0.05, 0) is 6.42 Å². The van der Waals surface area contributed by atoms with E-state index in [0.717, 1.165) is 23.9 Å². The molecule has 0 saturated heterocycles. The van der Waals surface area contributed by atoms with Crippen molar-refractivity contribution in [2.45, 2.75) is 103 Å². The van der Waals surface area contributed by atoms with Gasteiger partial charge in [0.1, 0.15) is 13.2 Å². The van der Waals surface area contributed by atoms with E-state index < -0.39 is 7.82 Å². The largest absolute Gasteiger partial charge is 0.474 e. The van der Waals surface area contributed by atoms with Crippen LogP contribution in [0.2, 0.25) is 0 Å². The van der Waals surface area contributed by atoms with Crippen LogP contribution in [-0.2, 0) is 18.1 Å². The van der Waals surface area contributed by atoms with Crippen LogP contribution >= 0.6 is 7.82 Å². The third-order valence-corrected chi connectivity index (χ3v) is 6.68. The molecule has 0 aliphatic heterocycles. The first-order valence-corrected chi connectivity index (χ1v) is 13.5. The van der Waals surface area contributed by atoms with Crippen LogP contribution < -0.4 is 0 Å². The fourth-order valence-corrected chi connectivity index (χ4v) is 4.16. The molecule has 6 heteroatoms. The molecule has 0 fully saturated rings. The molecule has 0 heterocycles. The molecule has 29 heavy (non-hydrogen) atoms. The van der Waals surface area contributed by atoms with E-state index in [9.17, 15) is 4.57 Å². The van der Waals surface area contributed by atoms with Crippen molar-refractivity contribution in [3.05, 3.63) is 0 Å². The van der Waals surface area contributed by atoms with Crippen LogP contribution in [0.1, 0.15) is 103 Å². The standard InChI is InChI=1S/C23H51NO4P/c1-6-7-8-9-10-11-12-13-14-15-16-17-18-19-20-22-27-29(25,26-5)28-23-21-24(2,3)4/h6-23H2,1-5H3/q+1. The fourth-order valence-electron chi connectivity index (χ4n) is 3.22. The molecule has 0 amide bonds. The molecule has 0 radical (unpaired) electrons. The van der Waals surface area contributed by atoms with E-state index in [0.29, 0.717) is 13.2 Å². The van der Waals surface area contributed by atoms with Crippen LogP contribution in [0.3, 0.4) is 0 Å². The minimum Gasteiger partial charge on any atom is -0.329 e. The molecule has 0 N–H and O–H groups in total. The highest BCUT2D eigenvalue weighted by atomic mass is 31.2. The highest BCUT2D eigenvalue weighted by Crippen LogP contribution is 2.48. The van der Waals surface area contributed by atoms with Gasteiger partial charge < -0.3 is 4.48 Å². The molecule has 0 aliphatic carbocycles. The van der Waals surface area contributed by atoms with Gasteiger partial charge in [0.2, 0.25) is 0 Å². The maximum atomic E-state index is 12.3. The van der Waals surface area contributed by atoms with Crippen molar-refractivity contribution in [1.29, 1.82) is 0 Å². The molecule has 0 bridgehead atoms. The Kier molecular flexibility index (Phi) is 18.9. The summed E-state index contributed by atoms with van der Waals surface area (Å²) in [6, 6.07) is 0. The Morgan fingerprint density at radius 1 is 0.621 bits per heavy atom. The number of phosphoric acid groups is 1. The lowest BCUT2D eigenvalue weighted by atomic mass is 10.0. The second kappa shape index (κ2) is 18.8. The highest BCUT2D eigenvalue weighted by Gasteiger charge is 2.25. The summed E-state index contributed by atoms with van der Waals surface area (Å²) in [5, 5.41) is 0. The summed E-state index contributed by atoms with van der Waals surface area (Å²) >= 11 is 0. The smallest absolute Gasteiger partial charge is 0.329 e. The van der Waals surface area contributed by atoms with E-state index in [-0.39, 0.29) is 0 Å².